The molecule has 0 fully saturated rings. The molecule has 228 valence electrons. The number of ether oxygens (including phenoxy) is 3. The van der Waals surface area contributed by atoms with Crippen LogP contribution in [-0.2, 0) is 44.2 Å². The summed E-state index contributed by atoms with van der Waals surface area (Å²) in [6.07, 6.45) is -7.31. The van der Waals surface area contributed by atoms with E-state index in [9.17, 15) is 46.2 Å². The van der Waals surface area contributed by atoms with Crippen molar-refractivity contribution in [3.63, 3.8) is 0 Å². The van der Waals surface area contributed by atoms with Crippen molar-refractivity contribution in [1.82, 2.24) is 4.72 Å². The van der Waals surface area contributed by atoms with E-state index in [0.717, 1.165) is 18.4 Å². The number of cyclic esters (lactones) is 1. The molecule has 1 aliphatic heterocycles. The molecule has 0 radical (unpaired) electrons. The van der Waals surface area contributed by atoms with Crippen LogP contribution in [0.25, 0.3) is 0 Å². The van der Waals surface area contributed by atoms with Crippen molar-refractivity contribution in [3.8, 4) is 0 Å². The number of benzene rings is 1. The van der Waals surface area contributed by atoms with Crippen molar-refractivity contribution >= 4 is 27.9 Å². The van der Waals surface area contributed by atoms with Crippen molar-refractivity contribution in [3.05, 3.63) is 82.0 Å². The molecule has 3 N–H and O–H groups in total. The topological polar surface area (TPSA) is 166 Å². The van der Waals surface area contributed by atoms with E-state index < -0.39 is 75.0 Å². The number of rotatable bonds is 11. The van der Waals surface area contributed by atoms with Gasteiger partial charge in [0.25, 0.3) is 0 Å². The smallest absolute Gasteiger partial charge is 0.414 e. The predicted octanol–water partition coefficient (Wildman–Crippen LogP) is 2.95. The van der Waals surface area contributed by atoms with Gasteiger partial charge in [0, 0.05) is 23.5 Å². The van der Waals surface area contributed by atoms with Gasteiger partial charge in [-0.15, -0.1) is 0 Å². The number of hydrogen-bond acceptors (Lipinski definition) is 9. The first-order valence-corrected chi connectivity index (χ1v) is 14.3. The van der Waals surface area contributed by atoms with Crippen LogP contribution in [0.1, 0.15) is 32.3 Å². The maximum atomic E-state index is 14.5. The first kappa shape index (κ1) is 32.6. The van der Waals surface area contributed by atoms with Crippen LogP contribution in [0.3, 0.4) is 0 Å². The second kappa shape index (κ2) is 12.1. The molecular weight excluding hydrogens is 587 g/mol. The van der Waals surface area contributed by atoms with Crippen molar-refractivity contribution in [1.29, 1.82) is 0 Å². The number of aliphatic carboxylic acids is 1. The van der Waals surface area contributed by atoms with E-state index in [-0.39, 0.29) is 28.9 Å². The average Bonchev–Trinajstić information content (AvgIpc) is 3.29. The molecule has 0 aromatic heterocycles. The molecular formula is C27H28F3NO10S. The zero-order valence-corrected chi connectivity index (χ0v) is 23.6. The number of carboxylic acid groups (broad SMARTS) is 1. The van der Waals surface area contributed by atoms with E-state index >= 15 is 0 Å². The summed E-state index contributed by atoms with van der Waals surface area (Å²) in [6, 6.07) is 6.02. The number of aliphatic hydroxyl groups is 1. The Labute approximate surface area is 239 Å². The highest BCUT2D eigenvalue weighted by Gasteiger charge is 2.55. The van der Waals surface area contributed by atoms with E-state index in [0.29, 0.717) is 12.3 Å². The van der Waals surface area contributed by atoms with Gasteiger partial charge < -0.3 is 24.4 Å². The highest BCUT2D eigenvalue weighted by molar-refractivity contribution is 7.88. The molecule has 15 heteroatoms. The Hall–Kier alpha value is -3.95. The van der Waals surface area contributed by atoms with Gasteiger partial charge in [0.2, 0.25) is 10.0 Å². The number of carbonyl (C=O) groups excluding carboxylic acids is 2. The molecule has 1 aliphatic carbocycles. The molecule has 3 unspecified atom stereocenters. The Bertz CT molecular complexity index is 1510. The lowest BCUT2D eigenvalue weighted by atomic mass is 9.80. The number of nitrogens with one attached hydrogen (secondary N) is 1. The van der Waals surface area contributed by atoms with Gasteiger partial charge in [-0.25, -0.2) is 18.0 Å². The Morgan fingerprint density at radius 3 is 2.33 bits per heavy atom. The van der Waals surface area contributed by atoms with Gasteiger partial charge in [0.15, 0.2) is 11.3 Å². The number of methoxy groups -OCH3 is 1. The van der Waals surface area contributed by atoms with Crippen LogP contribution in [0.4, 0.5) is 13.2 Å². The van der Waals surface area contributed by atoms with E-state index in [1.807, 2.05) is 0 Å². The third-order valence-corrected chi connectivity index (χ3v) is 7.33. The van der Waals surface area contributed by atoms with E-state index in [1.54, 1.807) is 11.6 Å². The molecule has 1 heterocycles. The third-order valence-electron chi connectivity index (χ3n) is 6.64. The van der Waals surface area contributed by atoms with Gasteiger partial charge in [-0.1, -0.05) is 50.3 Å². The quantitative estimate of drug-likeness (QED) is 0.249. The molecule has 3 atom stereocenters. The summed E-state index contributed by atoms with van der Waals surface area (Å²) in [4.78, 5) is 37.3. The van der Waals surface area contributed by atoms with E-state index in [1.165, 1.54) is 32.2 Å². The van der Waals surface area contributed by atoms with Crippen LogP contribution in [0.5, 0.6) is 0 Å². The molecule has 11 nitrogen and oxygen atoms in total. The molecule has 0 saturated carbocycles. The van der Waals surface area contributed by atoms with E-state index in [4.69, 9.17) is 14.2 Å². The maximum Gasteiger partial charge on any atom is 0.414 e. The Morgan fingerprint density at radius 1 is 1.21 bits per heavy atom. The highest BCUT2D eigenvalue weighted by Crippen LogP contribution is 2.45. The lowest BCUT2D eigenvalue weighted by Crippen LogP contribution is -2.60. The van der Waals surface area contributed by atoms with Crippen LogP contribution in [0, 0.1) is 5.92 Å². The Kier molecular flexibility index (Phi) is 9.39. The van der Waals surface area contributed by atoms with Crippen molar-refractivity contribution < 1.29 is 60.4 Å². The first-order chi connectivity index (χ1) is 19.5. The number of fused-ring (bicyclic) bond motifs is 1. The third kappa shape index (κ3) is 6.27. The van der Waals surface area contributed by atoms with Gasteiger partial charge in [-0.05, 0) is 12.0 Å². The molecule has 2 aliphatic rings. The normalized spacial score (nSPS) is 19.9. The van der Waals surface area contributed by atoms with Crippen molar-refractivity contribution in [2.75, 3.05) is 13.4 Å². The van der Waals surface area contributed by atoms with Crippen LogP contribution in [0.15, 0.2) is 76.5 Å². The van der Waals surface area contributed by atoms with Crippen LogP contribution >= 0.6 is 0 Å². The van der Waals surface area contributed by atoms with Gasteiger partial charge in [-0.3, -0.25) is 4.79 Å². The van der Waals surface area contributed by atoms with Crippen LogP contribution in [-0.4, -0.2) is 62.2 Å². The number of hydrogen-bond donors (Lipinski definition) is 3. The number of alkyl halides is 3. The number of carboxylic acids is 1. The minimum Gasteiger partial charge on any atom is -0.500 e. The number of aliphatic hydroxyl groups excluding tert-OH is 1. The number of allylic oxidation sites excluding steroid dienone is 3. The fourth-order valence-electron chi connectivity index (χ4n) is 4.73. The minimum absolute atomic E-state index is 0.0104. The predicted molar refractivity (Wildman–Crippen MR) is 139 cm³/mol. The highest BCUT2D eigenvalue weighted by atomic mass is 32.2. The van der Waals surface area contributed by atoms with Gasteiger partial charge >= 0.3 is 24.1 Å². The fraction of sp³-hybridized carbons (Fsp3) is 0.370. The summed E-state index contributed by atoms with van der Waals surface area (Å²) in [5.41, 5.74) is -5.66. The Morgan fingerprint density at radius 2 is 1.83 bits per heavy atom. The van der Waals surface area contributed by atoms with Crippen molar-refractivity contribution in [2.24, 2.45) is 5.92 Å². The summed E-state index contributed by atoms with van der Waals surface area (Å²) in [5.74, 6) is -5.01. The number of sulfonamides is 1. The SMILES string of the molecule is CCC(=O)OC1=C2C(=O)OC=C2C(C)C(OC)=C1C/C=C(\C(O)C(NS(C)(=O)=O)(C(=O)O)c1ccccc1)C(F)(F)F. The summed E-state index contributed by atoms with van der Waals surface area (Å²) in [7, 11) is -3.33. The lowest BCUT2D eigenvalue weighted by Gasteiger charge is -2.36. The summed E-state index contributed by atoms with van der Waals surface area (Å²) in [6.45, 7) is 3.01. The molecule has 1 aromatic carbocycles. The number of esters is 2. The van der Waals surface area contributed by atoms with Gasteiger partial charge in [0.05, 0.1) is 25.2 Å². The summed E-state index contributed by atoms with van der Waals surface area (Å²) < 4.78 is 85.4. The molecule has 42 heavy (non-hydrogen) atoms. The number of halogens is 3. The van der Waals surface area contributed by atoms with Gasteiger partial charge in [-0.2, -0.15) is 17.9 Å². The second-order valence-electron chi connectivity index (χ2n) is 9.40. The van der Waals surface area contributed by atoms with Crippen LogP contribution < -0.4 is 4.72 Å². The summed E-state index contributed by atoms with van der Waals surface area (Å²) >= 11 is 0. The molecule has 0 saturated heterocycles. The fourth-order valence-corrected chi connectivity index (χ4v) is 5.63. The lowest BCUT2D eigenvalue weighted by molar-refractivity contribution is -0.152. The monoisotopic (exact) mass is 615 g/mol. The molecule has 0 amide bonds. The molecule has 0 bridgehead atoms. The van der Waals surface area contributed by atoms with Crippen LogP contribution in [0.2, 0.25) is 0 Å². The Balaban J connectivity index is 2.27. The molecule has 0 spiro atoms. The average molecular weight is 616 g/mol. The minimum atomic E-state index is -5.40. The largest absolute Gasteiger partial charge is 0.500 e. The van der Waals surface area contributed by atoms with E-state index in [2.05, 4.69) is 0 Å². The zero-order valence-electron chi connectivity index (χ0n) is 22.8. The zero-order chi connectivity index (χ0) is 31.6. The standard InChI is InChI=1S/C27H28F3NO10S/c1-5-19(32)41-22-16(21(39-3)14(2)17-13-40-24(34)20(17)22)11-12-18(27(28,29)30)23(33)26(25(35)36,31-42(4,37)38)15-9-7-6-8-10-15/h6-10,12-14,23,31,33H,5,11H2,1-4H3,(H,35,36)/b18-12+. The summed E-state index contributed by atoms with van der Waals surface area (Å²) in [5, 5.41) is 21.3. The molecule has 1 aromatic rings. The van der Waals surface area contributed by atoms with Crippen molar-refractivity contribution in [2.45, 2.75) is 44.5 Å². The number of carbonyl (C=O) groups is 3. The first-order valence-electron chi connectivity index (χ1n) is 12.4. The maximum absolute atomic E-state index is 14.5. The second-order valence-corrected chi connectivity index (χ2v) is 11.1. The van der Waals surface area contributed by atoms with Gasteiger partial charge in [0.1, 0.15) is 17.4 Å². The molecule has 3 rings (SSSR count).